The van der Waals surface area contributed by atoms with E-state index in [0.717, 1.165) is 0 Å². The van der Waals surface area contributed by atoms with Gasteiger partial charge in [0.05, 0.1) is 6.04 Å². The summed E-state index contributed by atoms with van der Waals surface area (Å²) in [6.07, 6.45) is 0.650. The molecule has 0 unspecified atom stereocenters. The molecule has 0 spiro atoms. The van der Waals surface area contributed by atoms with Gasteiger partial charge in [0.25, 0.3) is 0 Å². The van der Waals surface area contributed by atoms with Gasteiger partial charge in [-0.3, -0.25) is 0 Å². The molecule has 0 radical (unpaired) electrons. The Morgan fingerprint density at radius 3 is 3.00 bits per heavy atom. The summed E-state index contributed by atoms with van der Waals surface area (Å²) < 4.78 is 12.2. The van der Waals surface area contributed by atoms with Crippen LogP contribution in [0.2, 0.25) is 0 Å². The summed E-state index contributed by atoms with van der Waals surface area (Å²) in [4.78, 5) is 4.58. The minimum absolute atomic E-state index is 0.0363. The van der Waals surface area contributed by atoms with Crippen LogP contribution in [-0.2, 0) is 0 Å². The molecule has 1 aliphatic heterocycles. The molecule has 0 amide bonds. The maximum absolute atomic E-state index is 12.2. The van der Waals surface area contributed by atoms with Gasteiger partial charge in [-0.1, -0.05) is 5.11 Å². The number of halogens is 1. The van der Waals surface area contributed by atoms with Gasteiger partial charge in [-0.2, -0.15) is 0 Å². The molecule has 0 aliphatic carbocycles. The van der Waals surface area contributed by atoms with Gasteiger partial charge in [-0.15, -0.1) is 0 Å². The number of nitrogens with zero attached hydrogens (tertiary/aromatic N) is 4. The molecular weight excluding hydrogens is 146 g/mol. The normalized spacial score (nSPS) is 31.7. The van der Waals surface area contributed by atoms with E-state index in [1.807, 2.05) is 12.8 Å². The van der Waals surface area contributed by atoms with Gasteiger partial charge in [-0.05, 0) is 18.5 Å². The lowest BCUT2D eigenvalue weighted by Gasteiger charge is -2.14. The molecule has 0 aromatic heterocycles. The van der Waals surface area contributed by atoms with Gasteiger partial charge in [0.2, 0.25) is 0 Å². The van der Waals surface area contributed by atoms with Crippen molar-refractivity contribution in [3.8, 4) is 0 Å². The molecule has 1 aliphatic rings. The highest BCUT2D eigenvalue weighted by Crippen LogP contribution is 2.18. The fraction of sp³-hybridized carbons (Fsp3) is 1.00. The van der Waals surface area contributed by atoms with E-state index >= 15 is 0 Å². The van der Waals surface area contributed by atoms with E-state index in [1.54, 1.807) is 0 Å². The summed E-state index contributed by atoms with van der Waals surface area (Å²) in [5.41, 5.74) is 8.12. The Balaban J connectivity index is 2.48. The van der Waals surface area contributed by atoms with E-state index in [4.69, 9.17) is 5.53 Å². The predicted octanol–water partition coefficient (Wildman–Crippen LogP) is 0.257. The molecule has 1 saturated heterocycles. The fourth-order valence-electron chi connectivity index (χ4n) is 1.39. The SMILES string of the molecule is BN1C[C@@H](N=[N+]=[N-])C[C@H]1CF. The third-order valence-corrected chi connectivity index (χ3v) is 2.06. The summed E-state index contributed by atoms with van der Waals surface area (Å²) in [6.45, 7) is 0.326. The Hall–Kier alpha value is -0.735. The average molecular weight is 156 g/mol. The quantitative estimate of drug-likeness (QED) is 0.245. The molecule has 0 bridgehead atoms. The first-order chi connectivity index (χ1) is 5.27. The highest BCUT2D eigenvalue weighted by atomic mass is 19.1. The molecule has 6 heteroatoms. The summed E-state index contributed by atoms with van der Waals surface area (Å²) in [5.74, 6) is 0. The highest BCUT2D eigenvalue weighted by Gasteiger charge is 2.27. The molecule has 1 rings (SSSR count). The van der Waals surface area contributed by atoms with Crippen molar-refractivity contribution in [1.82, 2.24) is 4.81 Å². The molecule has 0 aromatic carbocycles. The molecule has 60 valence electrons. The van der Waals surface area contributed by atoms with E-state index in [0.29, 0.717) is 13.0 Å². The number of rotatable bonds is 2. The third kappa shape index (κ3) is 1.85. The number of alkyl halides is 1. The number of hydrogen-bond acceptors (Lipinski definition) is 2. The fourth-order valence-corrected chi connectivity index (χ4v) is 1.39. The van der Waals surface area contributed by atoms with E-state index in [1.165, 1.54) is 0 Å². The van der Waals surface area contributed by atoms with Crippen LogP contribution in [-0.4, -0.2) is 38.1 Å². The van der Waals surface area contributed by atoms with Crippen LogP contribution in [0.25, 0.3) is 10.4 Å². The second kappa shape index (κ2) is 3.60. The van der Waals surface area contributed by atoms with Crippen molar-refractivity contribution in [3.05, 3.63) is 10.4 Å². The van der Waals surface area contributed by atoms with Crippen LogP contribution in [0.3, 0.4) is 0 Å². The molecular formula is C5H10BFN4. The first kappa shape index (κ1) is 8.36. The minimum Gasteiger partial charge on any atom is -0.344 e. The topological polar surface area (TPSA) is 52.0 Å². The Morgan fingerprint density at radius 2 is 2.55 bits per heavy atom. The Bertz CT molecular complexity index is 181. The van der Waals surface area contributed by atoms with Crippen molar-refractivity contribution < 1.29 is 4.39 Å². The molecule has 0 saturated carbocycles. The smallest absolute Gasteiger partial charge is 0.185 e. The largest absolute Gasteiger partial charge is 0.344 e. The first-order valence-corrected chi connectivity index (χ1v) is 3.58. The zero-order valence-corrected chi connectivity index (χ0v) is 6.44. The van der Waals surface area contributed by atoms with Crippen LogP contribution in [0.1, 0.15) is 6.42 Å². The standard InChI is InChI=1S/C5H10BFN4/c6-11-3-4(9-10-8)1-5(11)2-7/h4-5H,1-3,6H2/t4-,5-/m0/s1. The molecule has 2 atom stereocenters. The van der Waals surface area contributed by atoms with Crippen LogP contribution in [0.5, 0.6) is 0 Å². The molecule has 11 heavy (non-hydrogen) atoms. The van der Waals surface area contributed by atoms with Crippen LogP contribution in [0.4, 0.5) is 4.39 Å². The third-order valence-electron chi connectivity index (χ3n) is 2.06. The zero-order chi connectivity index (χ0) is 8.27. The minimum atomic E-state index is -0.353. The number of hydrogen-bond donors (Lipinski definition) is 0. The van der Waals surface area contributed by atoms with Crippen molar-refractivity contribution in [2.45, 2.75) is 18.5 Å². The first-order valence-electron chi connectivity index (χ1n) is 3.58. The van der Waals surface area contributed by atoms with Gasteiger partial charge in [0.1, 0.15) is 6.67 Å². The monoisotopic (exact) mass is 156 g/mol. The van der Waals surface area contributed by atoms with E-state index < -0.39 is 0 Å². The number of azide groups is 1. The van der Waals surface area contributed by atoms with E-state index in [-0.39, 0.29) is 18.8 Å². The second-order valence-corrected chi connectivity index (χ2v) is 2.84. The van der Waals surface area contributed by atoms with Gasteiger partial charge < -0.3 is 4.81 Å². The maximum Gasteiger partial charge on any atom is 0.185 e. The summed E-state index contributed by atoms with van der Waals surface area (Å²) >= 11 is 0. The molecule has 0 aromatic rings. The summed E-state index contributed by atoms with van der Waals surface area (Å²) in [6, 6.07) is -0.0868. The van der Waals surface area contributed by atoms with E-state index in [2.05, 4.69) is 10.0 Å². The summed E-state index contributed by atoms with van der Waals surface area (Å²) in [7, 11) is 1.84. The lowest BCUT2D eigenvalue weighted by molar-refractivity contribution is 0.323. The maximum atomic E-state index is 12.2. The van der Waals surface area contributed by atoms with Crippen molar-refractivity contribution >= 4 is 7.98 Å². The van der Waals surface area contributed by atoms with E-state index in [9.17, 15) is 4.39 Å². The van der Waals surface area contributed by atoms with Crippen LogP contribution >= 0.6 is 0 Å². The highest BCUT2D eigenvalue weighted by molar-refractivity contribution is 6.04. The Morgan fingerprint density at radius 1 is 1.82 bits per heavy atom. The average Bonchev–Trinajstić information content (AvgIpc) is 2.32. The van der Waals surface area contributed by atoms with Crippen molar-refractivity contribution in [3.63, 3.8) is 0 Å². The van der Waals surface area contributed by atoms with Crippen LogP contribution in [0.15, 0.2) is 5.11 Å². The van der Waals surface area contributed by atoms with Crippen LogP contribution in [0, 0.1) is 0 Å². The van der Waals surface area contributed by atoms with Crippen molar-refractivity contribution in [1.29, 1.82) is 0 Å². The zero-order valence-electron chi connectivity index (χ0n) is 6.44. The lowest BCUT2D eigenvalue weighted by atomic mass is 10.2. The van der Waals surface area contributed by atoms with Crippen molar-refractivity contribution in [2.24, 2.45) is 5.11 Å². The van der Waals surface area contributed by atoms with Gasteiger partial charge in [-0.25, -0.2) is 4.39 Å². The van der Waals surface area contributed by atoms with Gasteiger partial charge in [0.15, 0.2) is 7.98 Å². The van der Waals surface area contributed by atoms with Gasteiger partial charge in [0, 0.05) is 11.0 Å². The lowest BCUT2D eigenvalue weighted by Crippen LogP contribution is -2.28. The molecule has 1 heterocycles. The predicted molar refractivity (Wildman–Crippen MR) is 42.6 cm³/mol. The van der Waals surface area contributed by atoms with Crippen molar-refractivity contribution in [2.75, 3.05) is 13.2 Å². The molecule has 1 fully saturated rings. The summed E-state index contributed by atoms with van der Waals surface area (Å²) in [5, 5.41) is 3.54. The molecule has 4 nitrogen and oxygen atoms in total. The van der Waals surface area contributed by atoms with Crippen LogP contribution < -0.4 is 0 Å². The second-order valence-electron chi connectivity index (χ2n) is 2.84. The van der Waals surface area contributed by atoms with Gasteiger partial charge >= 0.3 is 0 Å². The Labute approximate surface area is 65.4 Å². The molecule has 0 N–H and O–H groups in total. The Kier molecular flexibility index (Phi) is 2.73.